The topological polar surface area (TPSA) is 55.6 Å². The molecule has 76 valence electrons. The van der Waals surface area contributed by atoms with Crippen LogP contribution in [0.25, 0.3) is 0 Å². The van der Waals surface area contributed by atoms with Gasteiger partial charge in [-0.1, -0.05) is 6.07 Å². The highest BCUT2D eigenvalue weighted by molar-refractivity contribution is 9.10. The van der Waals surface area contributed by atoms with E-state index in [9.17, 15) is 4.79 Å². The summed E-state index contributed by atoms with van der Waals surface area (Å²) < 4.78 is 0.592. The minimum Gasteiger partial charge on any atom is -0.398 e. The van der Waals surface area contributed by atoms with E-state index in [-0.39, 0.29) is 5.91 Å². The monoisotopic (exact) mass is 258 g/mol. The van der Waals surface area contributed by atoms with Crippen molar-refractivity contribution in [1.29, 1.82) is 0 Å². The lowest BCUT2D eigenvalue weighted by atomic mass is 10.2. The van der Waals surface area contributed by atoms with Crippen molar-refractivity contribution in [3.8, 4) is 0 Å². The molecule has 0 aromatic heterocycles. The van der Waals surface area contributed by atoms with Crippen LogP contribution in [0.3, 0.4) is 0 Å². The van der Waals surface area contributed by atoms with E-state index in [0.717, 1.165) is 5.06 Å². The Kier molecular flexibility index (Phi) is 3.49. The van der Waals surface area contributed by atoms with Crippen LogP contribution in [0.5, 0.6) is 0 Å². The largest absolute Gasteiger partial charge is 0.398 e. The van der Waals surface area contributed by atoms with Crippen molar-refractivity contribution < 1.29 is 9.63 Å². The van der Waals surface area contributed by atoms with Crippen LogP contribution in [-0.4, -0.2) is 25.1 Å². The van der Waals surface area contributed by atoms with Gasteiger partial charge in [-0.2, -0.15) is 0 Å². The van der Waals surface area contributed by atoms with Gasteiger partial charge in [0.15, 0.2) is 0 Å². The summed E-state index contributed by atoms with van der Waals surface area (Å²) >= 11 is 3.25. The molecule has 0 saturated carbocycles. The predicted octanol–water partition coefficient (Wildman–Crippen LogP) is 1.66. The van der Waals surface area contributed by atoms with E-state index in [2.05, 4.69) is 15.9 Å². The molecule has 0 heterocycles. The lowest BCUT2D eigenvalue weighted by molar-refractivity contribution is -0.0757. The first-order valence-electron chi connectivity index (χ1n) is 3.94. The molecule has 0 fully saturated rings. The van der Waals surface area contributed by atoms with Crippen LogP contribution in [-0.2, 0) is 4.84 Å². The Balaban J connectivity index is 3.07. The highest BCUT2D eigenvalue weighted by Crippen LogP contribution is 2.24. The number of nitrogen functional groups attached to an aromatic ring is 1. The van der Waals surface area contributed by atoms with Gasteiger partial charge < -0.3 is 5.73 Å². The lowest BCUT2D eigenvalue weighted by Gasteiger charge is -2.14. The second-order valence-corrected chi connectivity index (χ2v) is 3.49. The number of nitrogens with zero attached hydrogens (tertiary/aromatic N) is 1. The Morgan fingerprint density at radius 3 is 2.79 bits per heavy atom. The second kappa shape index (κ2) is 4.43. The van der Waals surface area contributed by atoms with E-state index in [1.807, 2.05) is 0 Å². The average Bonchev–Trinajstić information content (AvgIpc) is 2.20. The fourth-order valence-corrected chi connectivity index (χ4v) is 1.40. The van der Waals surface area contributed by atoms with E-state index < -0.39 is 0 Å². The fraction of sp³-hybridized carbons (Fsp3) is 0.222. The van der Waals surface area contributed by atoms with E-state index in [4.69, 9.17) is 10.6 Å². The average molecular weight is 259 g/mol. The first kappa shape index (κ1) is 11.0. The molecule has 1 aromatic carbocycles. The number of carbonyl (C=O) groups is 1. The van der Waals surface area contributed by atoms with Gasteiger partial charge in [-0.3, -0.25) is 9.63 Å². The quantitative estimate of drug-likeness (QED) is 0.649. The maximum Gasteiger partial charge on any atom is 0.278 e. The number of hydrogen-bond acceptors (Lipinski definition) is 3. The smallest absolute Gasteiger partial charge is 0.278 e. The van der Waals surface area contributed by atoms with Crippen molar-refractivity contribution in [2.45, 2.75) is 0 Å². The molecule has 0 spiro atoms. The third-order valence-electron chi connectivity index (χ3n) is 1.82. The molecule has 0 aliphatic rings. The Labute approximate surface area is 90.7 Å². The van der Waals surface area contributed by atoms with Crippen LogP contribution in [0.1, 0.15) is 10.4 Å². The molecule has 0 aliphatic heterocycles. The fourth-order valence-electron chi connectivity index (χ4n) is 0.968. The number of nitrogens with two attached hydrogens (primary N) is 1. The van der Waals surface area contributed by atoms with Crippen molar-refractivity contribution in [2.75, 3.05) is 19.9 Å². The zero-order valence-electron chi connectivity index (χ0n) is 7.95. The highest BCUT2D eigenvalue weighted by atomic mass is 79.9. The van der Waals surface area contributed by atoms with Crippen LogP contribution in [0.4, 0.5) is 5.69 Å². The molecule has 2 N–H and O–H groups in total. The van der Waals surface area contributed by atoms with Crippen molar-refractivity contribution in [2.24, 2.45) is 0 Å². The molecule has 4 nitrogen and oxygen atoms in total. The summed E-state index contributed by atoms with van der Waals surface area (Å²) in [5.41, 5.74) is 6.65. The van der Waals surface area contributed by atoms with Crippen LogP contribution in [0, 0.1) is 0 Å². The number of halogens is 1. The number of hydroxylamine groups is 2. The normalized spacial score (nSPS) is 9.93. The summed E-state index contributed by atoms with van der Waals surface area (Å²) in [6.45, 7) is 0. The molecule has 0 atom stereocenters. The summed E-state index contributed by atoms with van der Waals surface area (Å²) in [5, 5.41) is 1.14. The van der Waals surface area contributed by atoms with Gasteiger partial charge in [-0.05, 0) is 28.1 Å². The summed E-state index contributed by atoms with van der Waals surface area (Å²) in [7, 11) is 2.97. The summed E-state index contributed by atoms with van der Waals surface area (Å²) in [6, 6.07) is 5.11. The number of anilines is 1. The Bertz CT molecular complexity index is 355. The molecule has 1 aromatic rings. The van der Waals surface area contributed by atoms with Gasteiger partial charge >= 0.3 is 0 Å². The van der Waals surface area contributed by atoms with Gasteiger partial charge in [-0.15, -0.1) is 0 Å². The van der Waals surface area contributed by atoms with Crippen molar-refractivity contribution in [1.82, 2.24) is 5.06 Å². The van der Waals surface area contributed by atoms with Gasteiger partial charge in [0.25, 0.3) is 5.91 Å². The number of rotatable bonds is 2. The standard InChI is InChI=1S/C9H11BrN2O2/c1-12(14-2)9(13)6-4-3-5-7(11)8(6)10/h3-5H,11H2,1-2H3. The van der Waals surface area contributed by atoms with Crippen LogP contribution in [0.2, 0.25) is 0 Å². The summed E-state index contributed by atoms with van der Waals surface area (Å²) in [6.07, 6.45) is 0. The minimum absolute atomic E-state index is 0.244. The predicted molar refractivity (Wildman–Crippen MR) is 57.7 cm³/mol. The van der Waals surface area contributed by atoms with E-state index in [0.29, 0.717) is 15.7 Å². The van der Waals surface area contributed by atoms with Crippen LogP contribution < -0.4 is 5.73 Å². The third-order valence-corrected chi connectivity index (χ3v) is 2.70. The summed E-state index contributed by atoms with van der Waals surface area (Å²) in [5.74, 6) is -0.244. The zero-order valence-corrected chi connectivity index (χ0v) is 9.54. The van der Waals surface area contributed by atoms with E-state index in [1.165, 1.54) is 14.2 Å². The van der Waals surface area contributed by atoms with Crippen LogP contribution in [0.15, 0.2) is 22.7 Å². The van der Waals surface area contributed by atoms with E-state index >= 15 is 0 Å². The number of benzene rings is 1. The van der Waals surface area contributed by atoms with Gasteiger partial charge in [0.05, 0.1) is 17.1 Å². The molecule has 0 unspecified atom stereocenters. The molecule has 0 radical (unpaired) electrons. The molecule has 1 rings (SSSR count). The molecule has 0 aliphatic carbocycles. The molecular weight excluding hydrogens is 248 g/mol. The Hall–Kier alpha value is -1.07. The maximum atomic E-state index is 11.7. The highest BCUT2D eigenvalue weighted by Gasteiger charge is 2.15. The molecule has 0 bridgehead atoms. The SMILES string of the molecule is CON(C)C(=O)c1cccc(N)c1Br. The molecule has 0 saturated heterocycles. The third kappa shape index (κ3) is 2.05. The first-order valence-corrected chi connectivity index (χ1v) is 4.73. The summed E-state index contributed by atoms with van der Waals surface area (Å²) in [4.78, 5) is 16.4. The molecule has 5 heteroatoms. The van der Waals surface area contributed by atoms with E-state index in [1.54, 1.807) is 18.2 Å². The van der Waals surface area contributed by atoms with Crippen molar-refractivity contribution in [3.05, 3.63) is 28.2 Å². The number of hydrogen-bond donors (Lipinski definition) is 1. The molecule has 1 amide bonds. The zero-order chi connectivity index (χ0) is 10.7. The van der Waals surface area contributed by atoms with Gasteiger partial charge in [-0.25, -0.2) is 5.06 Å². The Morgan fingerprint density at radius 2 is 2.21 bits per heavy atom. The van der Waals surface area contributed by atoms with Gasteiger partial charge in [0.1, 0.15) is 0 Å². The molecular formula is C9H11BrN2O2. The Morgan fingerprint density at radius 1 is 1.57 bits per heavy atom. The molecule has 14 heavy (non-hydrogen) atoms. The van der Waals surface area contributed by atoms with Crippen molar-refractivity contribution >= 4 is 27.5 Å². The second-order valence-electron chi connectivity index (χ2n) is 2.69. The maximum absolute atomic E-state index is 11.7. The lowest BCUT2D eigenvalue weighted by Crippen LogP contribution is -2.25. The number of carbonyl (C=O) groups excluding carboxylic acids is 1. The first-order chi connectivity index (χ1) is 6.57. The number of amides is 1. The van der Waals surface area contributed by atoms with Gasteiger partial charge in [0, 0.05) is 12.7 Å². The van der Waals surface area contributed by atoms with Crippen molar-refractivity contribution in [3.63, 3.8) is 0 Å². The van der Waals surface area contributed by atoms with Gasteiger partial charge in [0.2, 0.25) is 0 Å². The minimum atomic E-state index is -0.244. The van der Waals surface area contributed by atoms with Crippen LogP contribution >= 0.6 is 15.9 Å².